The first-order valence-corrected chi connectivity index (χ1v) is 6.48. The largest absolute Gasteiger partial charge is 0.497 e. The van der Waals surface area contributed by atoms with Crippen LogP contribution in [0.25, 0.3) is 0 Å². The molecule has 1 heterocycles. The summed E-state index contributed by atoms with van der Waals surface area (Å²) in [6.07, 6.45) is 0. The van der Waals surface area contributed by atoms with Crippen molar-refractivity contribution >= 4 is 29.2 Å². The van der Waals surface area contributed by atoms with Crippen LogP contribution in [0.3, 0.4) is 0 Å². The van der Waals surface area contributed by atoms with Crippen molar-refractivity contribution in [3.63, 3.8) is 0 Å². The minimum Gasteiger partial charge on any atom is -0.497 e. The van der Waals surface area contributed by atoms with Crippen LogP contribution in [0.5, 0.6) is 5.75 Å². The predicted octanol–water partition coefficient (Wildman–Crippen LogP) is 3.75. The number of ether oxygens (including phenoxy) is 2. The zero-order valence-corrected chi connectivity index (χ0v) is 12.1. The van der Waals surface area contributed by atoms with E-state index >= 15 is 0 Å². The lowest BCUT2D eigenvalue weighted by Gasteiger charge is -2.06. The zero-order valence-electron chi connectivity index (χ0n) is 10.6. The summed E-state index contributed by atoms with van der Waals surface area (Å²) in [5.74, 6) is 0.118. The number of esters is 1. The Morgan fingerprint density at radius 1 is 1.15 bits per heavy atom. The summed E-state index contributed by atoms with van der Waals surface area (Å²) in [6.45, 7) is 0.118. The molecule has 1 aromatic heterocycles. The molecule has 0 unspecified atom stereocenters. The van der Waals surface area contributed by atoms with E-state index in [1.807, 2.05) is 0 Å². The number of hydrogen-bond acceptors (Lipinski definition) is 4. The number of methoxy groups -OCH3 is 1. The molecule has 0 saturated heterocycles. The molecular formula is C14H11Cl2NO3. The van der Waals surface area contributed by atoms with Gasteiger partial charge in [0.05, 0.1) is 12.1 Å². The highest BCUT2D eigenvalue weighted by atomic mass is 35.5. The van der Waals surface area contributed by atoms with E-state index in [-0.39, 0.29) is 22.5 Å². The number of carbonyl (C=O) groups excluding carboxylic acids is 1. The van der Waals surface area contributed by atoms with E-state index < -0.39 is 5.97 Å². The van der Waals surface area contributed by atoms with Crippen LogP contribution in [0.1, 0.15) is 16.1 Å². The highest BCUT2D eigenvalue weighted by Gasteiger charge is 2.14. The number of rotatable bonds is 4. The van der Waals surface area contributed by atoms with Crippen molar-refractivity contribution < 1.29 is 14.3 Å². The highest BCUT2D eigenvalue weighted by molar-refractivity contribution is 6.34. The van der Waals surface area contributed by atoms with Gasteiger partial charge in [-0.1, -0.05) is 35.3 Å². The lowest BCUT2D eigenvalue weighted by atomic mass is 10.2. The number of hydrogen-bond donors (Lipinski definition) is 0. The molecule has 0 fully saturated rings. The minimum atomic E-state index is -0.617. The van der Waals surface area contributed by atoms with Gasteiger partial charge in [0.25, 0.3) is 0 Å². The first-order chi connectivity index (χ1) is 9.60. The van der Waals surface area contributed by atoms with E-state index in [1.54, 1.807) is 31.4 Å². The summed E-state index contributed by atoms with van der Waals surface area (Å²) in [7, 11) is 1.59. The quantitative estimate of drug-likeness (QED) is 0.637. The molecule has 2 rings (SSSR count). The van der Waals surface area contributed by atoms with Gasteiger partial charge < -0.3 is 9.47 Å². The Balaban J connectivity index is 2.02. The molecule has 0 aliphatic heterocycles. The fraction of sp³-hybridized carbons (Fsp3) is 0.143. The van der Waals surface area contributed by atoms with Crippen LogP contribution in [0.4, 0.5) is 0 Å². The molecule has 1 aromatic carbocycles. The maximum atomic E-state index is 11.9. The third-order valence-electron chi connectivity index (χ3n) is 2.53. The van der Waals surface area contributed by atoms with Crippen molar-refractivity contribution in [2.45, 2.75) is 6.61 Å². The summed E-state index contributed by atoms with van der Waals surface area (Å²) >= 11 is 11.6. The molecule has 0 atom stereocenters. The van der Waals surface area contributed by atoms with E-state index in [0.717, 1.165) is 11.3 Å². The molecular weight excluding hydrogens is 301 g/mol. The molecule has 0 amide bonds. The highest BCUT2D eigenvalue weighted by Crippen LogP contribution is 2.18. The summed E-state index contributed by atoms with van der Waals surface area (Å²) in [5, 5.41) is 0.389. The van der Waals surface area contributed by atoms with Gasteiger partial charge >= 0.3 is 5.97 Å². The van der Waals surface area contributed by atoms with Gasteiger partial charge in [0.1, 0.15) is 17.5 Å². The Morgan fingerprint density at radius 2 is 1.85 bits per heavy atom. The fourth-order valence-electron chi connectivity index (χ4n) is 1.50. The molecule has 0 bridgehead atoms. The zero-order chi connectivity index (χ0) is 14.5. The van der Waals surface area contributed by atoms with Crippen LogP contribution in [0.2, 0.25) is 10.2 Å². The summed E-state index contributed by atoms with van der Waals surface area (Å²) < 4.78 is 10.2. The molecule has 0 spiro atoms. The van der Waals surface area contributed by atoms with Gasteiger partial charge in [0.15, 0.2) is 5.69 Å². The Bertz CT molecular complexity index is 614. The Morgan fingerprint density at radius 3 is 2.50 bits per heavy atom. The van der Waals surface area contributed by atoms with E-state index in [1.165, 1.54) is 12.1 Å². The molecule has 0 saturated carbocycles. The Kier molecular flexibility index (Phi) is 4.82. The van der Waals surface area contributed by atoms with Gasteiger partial charge in [-0.3, -0.25) is 0 Å². The number of benzene rings is 1. The summed E-state index contributed by atoms with van der Waals surface area (Å²) in [6, 6.07) is 10.2. The van der Waals surface area contributed by atoms with E-state index in [9.17, 15) is 4.79 Å². The standard InChI is InChI=1S/C14H11Cl2NO3/c1-19-10-4-2-9(3-5-10)8-20-14(18)13-11(15)6-7-12(16)17-13/h2-7H,8H2,1H3. The summed E-state index contributed by atoms with van der Waals surface area (Å²) in [5.41, 5.74) is 0.838. The molecule has 0 aliphatic carbocycles. The first kappa shape index (κ1) is 14.6. The monoisotopic (exact) mass is 311 g/mol. The molecule has 0 radical (unpaired) electrons. The number of nitrogens with zero attached hydrogens (tertiary/aromatic N) is 1. The average molecular weight is 312 g/mol. The van der Waals surface area contributed by atoms with Crippen LogP contribution < -0.4 is 4.74 Å². The Labute approximate surface area is 126 Å². The van der Waals surface area contributed by atoms with Crippen LogP contribution in [0.15, 0.2) is 36.4 Å². The number of carbonyl (C=O) groups is 1. The van der Waals surface area contributed by atoms with Crippen molar-refractivity contribution in [2.75, 3.05) is 7.11 Å². The smallest absolute Gasteiger partial charge is 0.358 e. The van der Waals surface area contributed by atoms with Gasteiger partial charge in [-0.05, 0) is 29.8 Å². The Hall–Kier alpha value is -1.78. The van der Waals surface area contributed by atoms with Crippen LogP contribution >= 0.6 is 23.2 Å². The van der Waals surface area contributed by atoms with Gasteiger partial charge in [-0.15, -0.1) is 0 Å². The predicted molar refractivity (Wildman–Crippen MR) is 76.4 cm³/mol. The summed E-state index contributed by atoms with van der Waals surface area (Å²) in [4.78, 5) is 15.7. The third-order valence-corrected chi connectivity index (χ3v) is 3.05. The lowest BCUT2D eigenvalue weighted by Crippen LogP contribution is -2.08. The molecule has 20 heavy (non-hydrogen) atoms. The fourth-order valence-corrected chi connectivity index (χ4v) is 1.83. The van der Waals surface area contributed by atoms with E-state index in [4.69, 9.17) is 32.7 Å². The maximum Gasteiger partial charge on any atom is 0.358 e. The average Bonchev–Trinajstić information content (AvgIpc) is 2.47. The van der Waals surface area contributed by atoms with Gasteiger partial charge in [0.2, 0.25) is 0 Å². The van der Waals surface area contributed by atoms with Crippen LogP contribution in [-0.2, 0) is 11.3 Å². The number of halogens is 2. The molecule has 6 heteroatoms. The van der Waals surface area contributed by atoms with Gasteiger partial charge in [0, 0.05) is 0 Å². The first-order valence-electron chi connectivity index (χ1n) is 5.72. The molecule has 104 valence electrons. The second kappa shape index (κ2) is 6.59. The number of pyridine rings is 1. The van der Waals surface area contributed by atoms with Gasteiger partial charge in [-0.2, -0.15) is 0 Å². The SMILES string of the molecule is COc1ccc(COC(=O)c2nc(Cl)ccc2Cl)cc1. The molecule has 0 aliphatic rings. The van der Waals surface area contributed by atoms with Crippen molar-refractivity contribution in [1.82, 2.24) is 4.98 Å². The maximum absolute atomic E-state index is 11.9. The normalized spacial score (nSPS) is 10.2. The lowest BCUT2D eigenvalue weighted by molar-refractivity contribution is 0.0466. The van der Waals surface area contributed by atoms with Crippen LogP contribution in [-0.4, -0.2) is 18.1 Å². The van der Waals surface area contributed by atoms with Crippen molar-refractivity contribution in [3.05, 3.63) is 57.8 Å². The minimum absolute atomic E-state index is 0.00711. The van der Waals surface area contributed by atoms with Crippen molar-refractivity contribution in [1.29, 1.82) is 0 Å². The van der Waals surface area contributed by atoms with Crippen molar-refractivity contribution in [3.8, 4) is 5.75 Å². The molecule has 4 nitrogen and oxygen atoms in total. The number of aromatic nitrogens is 1. The van der Waals surface area contributed by atoms with Crippen molar-refractivity contribution in [2.24, 2.45) is 0 Å². The van der Waals surface area contributed by atoms with E-state index in [2.05, 4.69) is 4.98 Å². The second-order valence-electron chi connectivity index (χ2n) is 3.89. The van der Waals surface area contributed by atoms with Crippen LogP contribution in [0, 0.1) is 0 Å². The van der Waals surface area contributed by atoms with Gasteiger partial charge in [-0.25, -0.2) is 9.78 Å². The topological polar surface area (TPSA) is 48.4 Å². The third kappa shape index (κ3) is 3.62. The molecule has 0 N–H and O–H groups in total. The van der Waals surface area contributed by atoms with E-state index in [0.29, 0.717) is 0 Å². The molecule has 2 aromatic rings. The second-order valence-corrected chi connectivity index (χ2v) is 4.68.